The Hall–Kier alpha value is -2.17. The molecule has 2 heterocycles. The number of rotatable bonds is 4. The number of carbonyl (C=O) groups is 1. The topological polar surface area (TPSA) is 60.9 Å². The third-order valence-electron chi connectivity index (χ3n) is 2.21. The van der Waals surface area contributed by atoms with Crippen LogP contribution in [0.2, 0.25) is 0 Å². The quantitative estimate of drug-likeness (QED) is 0.598. The molecule has 0 unspecified atom stereocenters. The third-order valence-corrected chi connectivity index (χ3v) is 2.21. The second-order valence-corrected chi connectivity index (χ2v) is 3.85. The van der Waals surface area contributed by atoms with Gasteiger partial charge in [0, 0.05) is 12.2 Å². The highest BCUT2D eigenvalue weighted by Gasteiger charge is 2.06. The lowest BCUT2D eigenvalue weighted by atomic mass is 10.3. The molecule has 0 spiro atoms. The molecular weight excluding hydrogens is 218 g/mol. The Balaban J connectivity index is 2.07. The van der Waals surface area contributed by atoms with Crippen molar-refractivity contribution in [1.29, 1.82) is 0 Å². The van der Waals surface area contributed by atoms with E-state index in [9.17, 15) is 4.79 Å². The molecule has 0 atom stereocenters. The number of hydrogen-bond donors (Lipinski definition) is 0. The molecule has 2 aromatic rings. The maximum atomic E-state index is 11.5. The molecule has 5 nitrogen and oxygen atoms in total. The zero-order valence-electron chi connectivity index (χ0n) is 9.70. The SMILES string of the molecule is CC(C)n1ccc(/C=C/C(=O)c2ncco2)n1. The second-order valence-electron chi connectivity index (χ2n) is 3.85. The van der Waals surface area contributed by atoms with Gasteiger partial charge in [0.25, 0.3) is 5.89 Å². The van der Waals surface area contributed by atoms with E-state index in [0.717, 1.165) is 5.69 Å². The summed E-state index contributed by atoms with van der Waals surface area (Å²) in [6.07, 6.45) is 7.73. The highest BCUT2D eigenvalue weighted by Crippen LogP contribution is 2.06. The van der Waals surface area contributed by atoms with Gasteiger partial charge >= 0.3 is 0 Å². The minimum absolute atomic E-state index is 0.0875. The number of allylic oxidation sites excluding steroid dienone is 1. The monoisotopic (exact) mass is 231 g/mol. The zero-order chi connectivity index (χ0) is 12.3. The third kappa shape index (κ3) is 2.69. The molecule has 0 radical (unpaired) electrons. The first kappa shape index (κ1) is 11.3. The molecule has 2 aromatic heterocycles. The second kappa shape index (κ2) is 4.78. The molecule has 0 N–H and O–H groups in total. The molecule has 0 saturated heterocycles. The first-order chi connectivity index (χ1) is 8.16. The Morgan fingerprint density at radius 3 is 2.94 bits per heavy atom. The van der Waals surface area contributed by atoms with E-state index < -0.39 is 0 Å². The first-order valence-corrected chi connectivity index (χ1v) is 5.34. The lowest BCUT2D eigenvalue weighted by Gasteiger charge is -2.02. The van der Waals surface area contributed by atoms with Gasteiger partial charge in [-0.05, 0) is 32.1 Å². The van der Waals surface area contributed by atoms with Gasteiger partial charge < -0.3 is 4.42 Å². The maximum absolute atomic E-state index is 11.5. The molecule has 88 valence electrons. The maximum Gasteiger partial charge on any atom is 0.267 e. The lowest BCUT2D eigenvalue weighted by molar-refractivity contribution is 0.101. The van der Waals surface area contributed by atoms with Crippen LogP contribution in [0.15, 0.2) is 35.2 Å². The van der Waals surface area contributed by atoms with Gasteiger partial charge in [-0.3, -0.25) is 9.48 Å². The van der Waals surface area contributed by atoms with Gasteiger partial charge in [0.1, 0.15) is 6.26 Å². The smallest absolute Gasteiger partial charge is 0.267 e. The normalized spacial score (nSPS) is 11.5. The number of oxazole rings is 1. The summed E-state index contributed by atoms with van der Waals surface area (Å²) < 4.78 is 6.72. The molecule has 0 aromatic carbocycles. The molecule has 0 aliphatic rings. The molecule has 0 saturated carbocycles. The molecule has 0 amide bonds. The number of nitrogens with zero attached hydrogens (tertiary/aromatic N) is 3. The van der Waals surface area contributed by atoms with E-state index >= 15 is 0 Å². The van der Waals surface area contributed by atoms with Crippen molar-refractivity contribution in [2.45, 2.75) is 19.9 Å². The van der Waals surface area contributed by atoms with Crippen LogP contribution in [-0.4, -0.2) is 20.5 Å². The first-order valence-electron chi connectivity index (χ1n) is 5.34. The molecule has 0 fully saturated rings. The van der Waals surface area contributed by atoms with Gasteiger partial charge in [0.05, 0.1) is 11.9 Å². The van der Waals surface area contributed by atoms with Crippen molar-refractivity contribution in [2.75, 3.05) is 0 Å². The minimum atomic E-state index is -0.269. The van der Waals surface area contributed by atoms with Crippen LogP contribution >= 0.6 is 0 Å². The van der Waals surface area contributed by atoms with Crippen molar-refractivity contribution in [3.8, 4) is 0 Å². The van der Waals surface area contributed by atoms with Gasteiger partial charge in [-0.25, -0.2) is 4.98 Å². The van der Waals surface area contributed by atoms with E-state index in [0.29, 0.717) is 6.04 Å². The van der Waals surface area contributed by atoms with Crippen LogP contribution in [-0.2, 0) is 0 Å². The van der Waals surface area contributed by atoms with Crippen LogP contribution in [0.1, 0.15) is 36.3 Å². The summed E-state index contributed by atoms with van der Waals surface area (Å²) >= 11 is 0. The van der Waals surface area contributed by atoms with Crippen molar-refractivity contribution < 1.29 is 9.21 Å². The standard InChI is InChI=1S/C12H13N3O2/c1-9(2)15-7-5-10(14-15)3-4-11(16)12-13-6-8-17-12/h3-9H,1-2H3/b4-3+. The number of aromatic nitrogens is 3. The predicted molar refractivity (Wildman–Crippen MR) is 62.5 cm³/mol. The Bertz CT molecular complexity index is 524. The summed E-state index contributed by atoms with van der Waals surface area (Å²) in [6.45, 7) is 4.08. The Labute approximate surface area is 98.8 Å². The summed E-state index contributed by atoms with van der Waals surface area (Å²) in [7, 11) is 0. The van der Waals surface area contributed by atoms with Gasteiger partial charge in [0.15, 0.2) is 0 Å². The highest BCUT2D eigenvalue weighted by molar-refractivity contribution is 6.03. The lowest BCUT2D eigenvalue weighted by Crippen LogP contribution is -2.00. The number of hydrogen-bond acceptors (Lipinski definition) is 4. The van der Waals surface area contributed by atoms with Crippen molar-refractivity contribution in [3.05, 3.63) is 42.4 Å². The van der Waals surface area contributed by atoms with Gasteiger partial charge in [-0.2, -0.15) is 5.10 Å². The largest absolute Gasteiger partial charge is 0.442 e. The van der Waals surface area contributed by atoms with Crippen LogP contribution in [0.4, 0.5) is 0 Å². The molecule has 0 aliphatic carbocycles. The summed E-state index contributed by atoms with van der Waals surface area (Å²) in [6, 6.07) is 2.15. The van der Waals surface area contributed by atoms with E-state index in [1.54, 1.807) is 6.08 Å². The van der Waals surface area contributed by atoms with E-state index in [1.165, 1.54) is 18.5 Å². The summed E-state index contributed by atoms with van der Waals surface area (Å²) in [5.74, 6) is -0.182. The average Bonchev–Trinajstić information content (AvgIpc) is 2.97. The summed E-state index contributed by atoms with van der Waals surface area (Å²) in [4.78, 5) is 15.3. The summed E-state index contributed by atoms with van der Waals surface area (Å²) in [5, 5.41) is 4.29. The van der Waals surface area contributed by atoms with Crippen LogP contribution in [0.25, 0.3) is 6.08 Å². The van der Waals surface area contributed by atoms with E-state index in [1.807, 2.05) is 30.8 Å². The van der Waals surface area contributed by atoms with Gasteiger partial charge in [-0.15, -0.1) is 0 Å². The van der Waals surface area contributed by atoms with Crippen molar-refractivity contribution in [1.82, 2.24) is 14.8 Å². The molecule has 2 rings (SSSR count). The fourth-order valence-corrected chi connectivity index (χ4v) is 1.31. The van der Waals surface area contributed by atoms with E-state index in [4.69, 9.17) is 4.42 Å². The van der Waals surface area contributed by atoms with Crippen LogP contribution < -0.4 is 0 Å². The van der Waals surface area contributed by atoms with Crippen LogP contribution in [0.3, 0.4) is 0 Å². The fraction of sp³-hybridized carbons (Fsp3) is 0.250. The molecule has 0 bridgehead atoms. The van der Waals surface area contributed by atoms with Crippen molar-refractivity contribution in [2.24, 2.45) is 0 Å². The predicted octanol–water partition coefficient (Wildman–Crippen LogP) is 2.35. The van der Waals surface area contributed by atoms with Gasteiger partial charge in [-0.1, -0.05) is 0 Å². The zero-order valence-corrected chi connectivity index (χ0v) is 9.70. The summed E-state index contributed by atoms with van der Waals surface area (Å²) in [5.41, 5.74) is 0.735. The molecular formula is C12H13N3O2. The van der Waals surface area contributed by atoms with Crippen LogP contribution in [0, 0.1) is 0 Å². The fourth-order valence-electron chi connectivity index (χ4n) is 1.31. The van der Waals surface area contributed by atoms with Crippen LogP contribution in [0.5, 0.6) is 0 Å². The number of ketones is 1. The number of carbonyl (C=O) groups excluding carboxylic acids is 1. The van der Waals surface area contributed by atoms with Crippen molar-refractivity contribution in [3.63, 3.8) is 0 Å². The van der Waals surface area contributed by atoms with Crippen molar-refractivity contribution >= 4 is 11.9 Å². The molecule has 0 aliphatic heterocycles. The minimum Gasteiger partial charge on any atom is -0.442 e. The van der Waals surface area contributed by atoms with E-state index in [-0.39, 0.29) is 11.7 Å². The Morgan fingerprint density at radius 2 is 2.35 bits per heavy atom. The highest BCUT2D eigenvalue weighted by atomic mass is 16.3. The molecule has 5 heteroatoms. The Morgan fingerprint density at radius 1 is 1.53 bits per heavy atom. The molecule has 17 heavy (non-hydrogen) atoms. The Kier molecular flexibility index (Phi) is 3.18. The average molecular weight is 231 g/mol. The van der Waals surface area contributed by atoms with Gasteiger partial charge in [0.2, 0.25) is 5.78 Å². The van der Waals surface area contributed by atoms with E-state index in [2.05, 4.69) is 10.1 Å².